The fourth-order valence-electron chi connectivity index (χ4n) is 2.16. The van der Waals surface area contributed by atoms with E-state index in [-0.39, 0.29) is 0 Å². The standard InChI is InChI=1S/C16H17NO3/c1-11-3-5-12(6-4-11)17-13-7-8-14(18-2)16-15(13)19-9-10-20-16/h3-8,17H,9-10H2,1-2H3. The van der Waals surface area contributed by atoms with E-state index in [9.17, 15) is 0 Å². The number of benzene rings is 2. The highest BCUT2D eigenvalue weighted by Gasteiger charge is 2.20. The Bertz CT molecular complexity index is 608. The van der Waals surface area contributed by atoms with Crippen LogP contribution in [0.1, 0.15) is 5.56 Å². The molecule has 0 aromatic heterocycles. The number of aryl methyl sites for hydroxylation is 1. The summed E-state index contributed by atoms with van der Waals surface area (Å²) in [5.74, 6) is 2.06. The van der Waals surface area contributed by atoms with Gasteiger partial charge in [0.05, 0.1) is 12.8 Å². The first kappa shape index (κ1) is 12.7. The zero-order valence-corrected chi connectivity index (χ0v) is 11.6. The molecule has 3 rings (SSSR count). The number of anilines is 2. The molecule has 1 N–H and O–H groups in total. The van der Waals surface area contributed by atoms with Gasteiger partial charge in [0.25, 0.3) is 0 Å². The number of nitrogens with one attached hydrogen (secondary N) is 1. The minimum Gasteiger partial charge on any atom is -0.493 e. The average Bonchev–Trinajstić information content (AvgIpc) is 2.50. The summed E-state index contributed by atoms with van der Waals surface area (Å²) in [6.45, 7) is 3.15. The van der Waals surface area contributed by atoms with Crippen LogP contribution in [0.15, 0.2) is 36.4 Å². The summed E-state index contributed by atoms with van der Waals surface area (Å²) in [7, 11) is 1.63. The van der Waals surface area contributed by atoms with E-state index in [4.69, 9.17) is 14.2 Å². The first-order chi connectivity index (χ1) is 9.78. The topological polar surface area (TPSA) is 39.7 Å². The van der Waals surface area contributed by atoms with E-state index in [0.717, 1.165) is 11.4 Å². The molecule has 2 aromatic rings. The number of ether oxygens (including phenoxy) is 3. The molecule has 0 amide bonds. The van der Waals surface area contributed by atoms with Crippen molar-refractivity contribution >= 4 is 11.4 Å². The second-order valence-electron chi connectivity index (χ2n) is 4.66. The molecule has 0 atom stereocenters. The molecule has 0 unspecified atom stereocenters. The Labute approximate surface area is 118 Å². The van der Waals surface area contributed by atoms with Crippen LogP contribution in [0.4, 0.5) is 11.4 Å². The predicted octanol–water partition coefficient (Wildman–Crippen LogP) is 3.52. The maximum atomic E-state index is 5.73. The molecule has 1 heterocycles. The summed E-state index contributed by atoms with van der Waals surface area (Å²) in [4.78, 5) is 0. The van der Waals surface area contributed by atoms with E-state index in [1.54, 1.807) is 7.11 Å². The van der Waals surface area contributed by atoms with Crippen molar-refractivity contribution in [3.05, 3.63) is 42.0 Å². The quantitative estimate of drug-likeness (QED) is 0.927. The lowest BCUT2D eigenvalue weighted by atomic mass is 10.2. The van der Waals surface area contributed by atoms with Crippen molar-refractivity contribution in [1.29, 1.82) is 0 Å². The van der Waals surface area contributed by atoms with Gasteiger partial charge in [-0.25, -0.2) is 0 Å². The van der Waals surface area contributed by atoms with Crippen LogP contribution in [-0.2, 0) is 0 Å². The summed E-state index contributed by atoms with van der Waals surface area (Å²) < 4.78 is 16.7. The Morgan fingerprint density at radius 3 is 2.35 bits per heavy atom. The van der Waals surface area contributed by atoms with Gasteiger partial charge in [0.2, 0.25) is 5.75 Å². The fourth-order valence-corrected chi connectivity index (χ4v) is 2.16. The minimum absolute atomic E-state index is 0.539. The van der Waals surface area contributed by atoms with Crippen LogP contribution in [-0.4, -0.2) is 20.3 Å². The lowest BCUT2D eigenvalue weighted by Crippen LogP contribution is -2.17. The molecule has 0 bridgehead atoms. The minimum atomic E-state index is 0.539. The summed E-state index contributed by atoms with van der Waals surface area (Å²) in [6.07, 6.45) is 0. The Morgan fingerprint density at radius 1 is 0.950 bits per heavy atom. The molecule has 104 valence electrons. The number of rotatable bonds is 3. The first-order valence-electron chi connectivity index (χ1n) is 6.58. The van der Waals surface area contributed by atoms with E-state index < -0.39 is 0 Å². The van der Waals surface area contributed by atoms with Crippen LogP contribution in [0.5, 0.6) is 17.2 Å². The molecule has 0 saturated heterocycles. The van der Waals surface area contributed by atoms with Crippen molar-refractivity contribution in [2.45, 2.75) is 6.92 Å². The third-order valence-electron chi connectivity index (χ3n) is 3.20. The number of methoxy groups -OCH3 is 1. The number of fused-ring (bicyclic) bond motifs is 1. The van der Waals surface area contributed by atoms with Gasteiger partial charge in [-0.05, 0) is 31.2 Å². The zero-order valence-electron chi connectivity index (χ0n) is 11.6. The maximum absolute atomic E-state index is 5.73. The van der Waals surface area contributed by atoms with Gasteiger partial charge in [-0.15, -0.1) is 0 Å². The van der Waals surface area contributed by atoms with E-state index >= 15 is 0 Å². The highest BCUT2D eigenvalue weighted by Crippen LogP contribution is 2.45. The van der Waals surface area contributed by atoms with Crippen molar-refractivity contribution in [3.8, 4) is 17.2 Å². The van der Waals surface area contributed by atoms with Crippen LogP contribution in [0, 0.1) is 6.92 Å². The Morgan fingerprint density at radius 2 is 1.65 bits per heavy atom. The number of hydrogen-bond acceptors (Lipinski definition) is 4. The largest absolute Gasteiger partial charge is 0.493 e. The summed E-state index contributed by atoms with van der Waals surface area (Å²) in [5, 5.41) is 3.35. The van der Waals surface area contributed by atoms with Crippen molar-refractivity contribution in [3.63, 3.8) is 0 Å². The van der Waals surface area contributed by atoms with Crippen molar-refractivity contribution in [2.75, 3.05) is 25.6 Å². The molecule has 2 aromatic carbocycles. The highest BCUT2D eigenvalue weighted by atomic mass is 16.6. The summed E-state index contributed by atoms with van der Waals surface area (Å²) in [5.41, 5.74) is 3.12. The summed E-state index contributed by atoms with van der Waals surface area (Å²) in [6, 6.07) is 12.0. The van der Waals surface area contributed by atoms with Gasteiger partial charge in [0.15, 0.2) is 11.5 Å². The highest BCUT2D eigenvalue weighted by molar-refractivity contribution is 5.73. The Kier molecular flexibility index (Phi) is 3.37. The molecule has 20 heavy (non-hydrogen) atoms. The SMILES string of the molecule is COc1ccc(Nc2ccc(C)cc2)c2c1OCCO2. The smallest absolute Gasteiger partial charge is 0.205 e. The molecule has 0 aliphatic carbocycles. The van der Waals surface area contributed by atoms with Crippen LogP contribution >= 0.6 is 0 Å². The predicted molar refractivity (Wildman–Crippen MR) is 78.4 cm³/mol. The normalized spacial score (nSPS) is 12.9. The Hall–Kier alpha value is -2.36. The average molecular weight is 271 g/mol. The van der Waals surface area contributed by atoms with Crippen LogP contribution in [0.2, 0.25) is 0 Å². The monoisotopic (exact) mass is 271 g/mol. The van der Waals surface area contributed by atoms with Gasteiger partial charge in [0.1, 0.15) is 13.2 Å². The molecule has 0 radical (unpaired) electrons. The number of hydrogen-bond donors (Lipinski definition) is 1. The van der Waals surface area contributed by atoms with Crippen molar-refractivity contribution in [1.82, 2.24) is 0 Å². The summed E-state index contributed by atoms with van der Waals surface area (Å²) >= 11 is 0. The van der Waals surface area contributed by atoms with Gasteiger partial charge >= 0.3 is 0 Å². The van der Waals surface area contributed by atoms with Crippen molar-refractivity contribution in [2.24, 2.45) is 0 Å². The third-order valence-corrected chi connectivity index (χ3v) is 3.20. The molecular formula is C16H17NO3. The van der Waals surface area contributed by atoms with Crippen LogP contribution < -0.4 is 19.5 Å². The molecule has 1 aliphatic heterocycles. The fraction of sp³-hybridized carbons (Fsp3) is 0.250. The zero-order chi connectivity index (χ0) is 13.9. The van der Waals surface area contributed by atoms with Crippen molar-refractivity contribution < 1.29 is 14.2 Å². The van der Waals surface area contributed by atoms with Gasteiger partial charge in [-0.3, -0.25) is 0 Å². The molecule has 0 spiro atoms. The maximum Gasteiger partial charge on any atom is 0.205 e. The molecule has 0 saturated carbocycles. The van der Waals surface area contributed by atoms with Gasteiger partial charge in [-0.1, -0.05) is 17.7 Å². The molecule has 0 fully saturated rings. The lowest BCUT2D eigenvalue weighted by molar-refractivity contribution is 0.166. The molecule has 1 aliphatic rings. The van der Waals surface area contributed by atoms with E-state index in [1.807, 2.05) is 24.3 Å². The molecule has 4 heteroatoms. The first-order valence-corrected chi connectivity index (χ1v) is 6.58. The third kappa shape index (κ3) is 2.37. The Balaban J connectivity index is 1.95. The van der Waals surface area contributed by atoms with E-state index in [1.165, 1.54) is 5.56 Å². The lowest BCUT2D eigenvalue weighted by Gasteiger charge is -2.23. The second-order valence-corrected chi connectivity index (χ2v) is 4.66. The second kappa shape index (κ2) is 5.33. The van der Waals surface area contributed by atoms with E-state index in [2.05, 4.69) is 24.4 Å². The van der Waals surface area contributed by atoms with Crippen LogP contribution in [0.25, 0.3) is 0 Å². The molecule has 4 nitrogen and oxygen atoms in total. The van der Waals surface area contributed by atoms with Gasteiger partial charge < -0.3 is 19.5 Å². The molecular weight excluding hydrogens is 254 g/mol. The van der Waals surface area contributed by atoms with Crippen LogP contribution in [0.3, 0.4) is 0 Å². The van der Waals surface area contributed by atoms with E-state index in [0.29, 0.717) is 30.5 Å². The van der Waals surface area contributed by atoms with Gasteiger partial charge in [-0.2, -0.15) is 0 Å². The van der Waals surface area contributed by atoms with Gasteiger partial charge in [0, 0.05) is 5.69 Å².